The highest BCUT2D eigenvalue weighted by atomic mass is 15.1. The molecule has 2 heteroatoms. The van der Waals surface area contributed by atoms with Gasteiger partial charge in [0.2, 0.25) is 0 Å². The molecular weight excluding hydrogens is 244 g/mol. The first-order valence-electron chi connectivity index (χ1n) is 8.07. The predicted molar refractivity (Wildman–Crippen MR) is 88.3 cm³/mol. The molecular formula is C18H30N2. The lowest BCUT2D eigenvalue weighted by Crippen LogP contribution is -2.28. The molecule has 0 aromatic heterocycles. The Morgan fingerprint density at radius 2 is 1.70 bits per heavy atom. The molecule has 112 valence electrons. The van der Waals surface area contributed by atoms with Gasteiger partial charge in [0, 0.05) is 25.8 Å². The number of nitrogens with one attached hydrogen (secondary N) is 1. The van der Waals surface area contributed by atoms with Crippen molar-refractivity contribution in [2.45, 2.75) is 45.6 Å². The summed E-state index contributed by atoms with van der Waals surface area (Å²) < 4.78 is 0. The van der Waals surface area contributed by atoms with Crippen LogP contribution >= 0.6 is 0 Å². The Labute approximate surface area is 124 Å². The third-order valence-electron chi connectivity index (χ3n) is 4.76. The molecule has 0 heterocycles. The van der Waals surface area contributed by atoms with Crippen molar-refractivity contribution in [3.8, 4) is 0 Å². The van der Waals surface area contributed by atoms with Gasteiger partial charge in [-0.2, -0.15) is 0 Å². The van der Waals surface area contributed by atoms with Gasteiger partial charge in [0.05, 0.1) is 0 Å². The molecule has 1 aliphatic carbocycles. The van der Waals surface area contributed by atoms with E-state index >= 15 is 0 Å². The van der Waals surface area contributed by atoms with Crippen molar-refractivity contribution in [3.63, 3.8) is 0 Å². The maximum atomic E-state index is 3.72. The lowest BCUT2D eigenvalue weighted by Gasteiger charge is -2.27. The Morgan fingerprint density at radius 1 is 1.10 bits per heavy atom. The van der Waals surface area contributed by atoms with Gasteiger partial charge in [-0.05, 0) is 55.8 Å². The molecule has 1 saturated carbocycles. The molecule has 0 saturated heterocycles. The molecule has 1 aromatic rings. The molecule has 1 atom stereocenters. The van der Waals surface area contributed by atoms with Crippen LogP contribution < -0.4 is 10.2 Å². The van der Waals surface area contributed by atoms with Crippen molar-refractivity contribution < 1.29 is 0 Å². The van der Waals surface area contributed by atoms with E-state index in [2.05, 4.69) is 62.4 Å². The fraction of sp³-hybridized carbons (Fsp3) is 0.667. The summed E-state index contributed by atoms with van der Waals surface area (Å²) in [7, 11) is 4.17. The minimum Gasteiger partial charge on any atom is -0.378 e. The molecule has 2 rings (SSSR count). The minimum absolute atomic E-state index is 0.450. The summed E-state index contributed by atoms with van der Waals surface area (Å²) in [5.74, 6) is 1.83. The predicted octanol–water partition coefficient (Wildman–Crippen LogP) is 4.23. The van der Waals surface area contributed by atoms with Crippen molar-refractivity contribution in [1.29, 1.82) is 0 Å². The molecule has 1 aromatic carbocycles. The molecule has 0 bridgehead atoms. The van der Waals surface area contributed by atoms with E-state index in [1.807, 2.05) is 0 Å². The largest absolute Gasteiger partial charge is 0.378 e. The van der Waals surface area contributed by atoms with Crippen LogP contribution in [-0.2, 0) is 0 Å². The van der Waals surface area contributed by atoms with E-state index < -0.39 is 0 Å². The Bertz CT molecular complexity index is 388. The second-order valence-electron chi connectivity index (χ2n) is 6.74. The third kappa shape index (κ3) is 4.24. The normalized spacial score (nSPS) is 24.4. The van der Waals surface area contributed by atoms with Crippen molar-refractivity contribution >= 4 is 5.69 Å². The Balaban J connectivity index is 1.80. The van der Waals surface area contributed by atoms with E-state index in [4.69, 9.17) is 0 Å². The lowest BCUT2D eigenvalue weighted by atomic mass is 9.83. The van der Waals surface area contributed by atoms with Crippen molar-refractivity contribution in [2.24, 2.45) is 11.8 Å². The average molecular weight is 274 g/mol. The molecule has 0 amide bonds. The molecule has 2 nitrogen and oxygen atoms in total. The van der Waals surface area contributed by atoms with E-state index in [1.54, 1.807) is 0 Å². The molecule has 0 aliphatic heterocycles. The van der Waals surface area contributed by atoms with Gasteiger partial charge in [0.25, 0.3) is 0 Å². The fourth-order valence-electron chi connectivity index (χ4n) is 3.06. The van der Waals surface area contributed by atoms with Crippen LogP contribution in [0.3, 0.4) is 0 Å². The SMILES string of the molecule is CC1CCC(CNC(C)c2ccc(N(C)C)cc2)CC1. The van der Waals surface area contributed by atoms with Gasteiger partial charge >= 0.3 is 0 Å². The topological polar surface area (TPSA) is 15.3 Å². The monoisotopic (exact) mass is 274 g/mol. The average Bonchev–Trinajstić information content (AvgIpc) is 2.46. The number of hydrogen-bond donors (Lipinski definition) is 1. The maximum Gasteiger partial charge on any atom is 0.0361 e. The summed E-state index contributed by atoms with van der Waals surface area (Å²) in [6.07, 6.45) is 5.64. The van der Waals surface area contributed by atoms with E-state index in [9.17, 15) is 0 Å². The summed E-state index contributed by atoms with van der Waals surface area (Å²) in [5.41, 5.74) is 2.65. The maximum absolute atomic E-state index is 3.72. The van der Waals surface area contributed by atoms with Crippen LogP contribution in [0, 0.1) is 11.8 Å². The number of hydrogen-bond acceptors (Lipinski definition) is 2. The summed E-state index contributed by atoms with van der Waals surface area (Å²) >= 11 is 0. The molecule has 1 fully saturated rings. The summed E-state index contributed by atoms with van der Waals surface area (Å²) in [6, 6.07) is 9.35. The highest BCUT2D eigenvalue weighted by Gasteiger charge is 2.18. The van der Waals surface area contributed by atoms with E-state index in [0.29, 0.717) is 6.04 Å². The highest BCUT2D eigenvalue weighted by Crippen LogP contribution is 2.28. The van der Waals surface area contributed by atoms with Crippen LogP contribution in [0.4, 0.5) is 5.69 Å². The number of anilines is 1. The summed E-state index contributed by atoms with van der Waals surface area (Å²) in [4.78, 5) is 2.14. The zero-order valence-corrected chi connectivity index (χ0v) is 13.5. The zero-order chi connectivity index (χ0) is 14.5. The number of benzene rings is 1. The van der Waals surface area contributed by atoms with E-state index in [0.717, 1.165) is 11.8 Å². The van der Waals surface area contributed by atoms with Gasteiger partial charge < -0.3 is 10.2 Å². The standard InChI is InChI=1S/C18H30N2/c1-14-5-7-16(8-6-14)13-19-15(2)17-9-11-18(12-10-17)20(3)4/h9-12,14-16,19H,5-8,13H2,1-4H3. The molecule has 1 unspecified atom stereocenters. The van der Waals surface area contributed by atoms with Crippen LogP contribution in [0.1, 0.15) is 51.1 Å². The van der Waals surface area contributed by atoms with Crippen molar-refractivity contribution in [3.05, 3.63) is 29.8 Å². The first-order chi connectivity index (χ1) is 9.56. The zero-order valence-electron chi connectivity index (χ0n) is 13.5. The highest BCUT2D eigenvalue weighted by molar-refractivity contribution is 5.46. The molecule has 1 aliphatic rings. The summed E-state index contributed by atoms with van der Waals surface area (Å²) in [6.45, 7) is 5.83. The number of nitrogens with zero attached hydrogens (tertiary/aromatic N) is 1. The van der Waals surface area contributed by atoms with Gasteiger partial charge in [-0.1, -0.05) is 31.9 Å². The molecule has 20 heavy (non-hydrogen) atoms. The molecule has 0 spiro atoms. The van der Waals surface area contributed by atoms with Crippen LogP contribution in [0.25, 0.3) is 0 Å². The van der Waals surface area contributed by atoms with Gasteiger partial charge in [0.1, 0.15) is 0 Å². The van der Waals surface area contributed by atoms with E-state index in [-0.39, 0.29) is 0 Å². The first-order valence-corrected chi connectivity index (χ1v) is 8.07. The van der Waals surface area contributed by atoms with Gasteiger partial charge in [-0.15, -0.1) is 0 Å². The molecule has 1 N–H and O–H groups in total. The van der Waals surface area contributed by atoms with Crippen LogP contribution in [-0.4, -0.2) is 20.6 Å². The van der Waals surface area contributed by atoms with Crippen LogP contribution in [0.15, 0.2) is 24.3 Å². The van der Waals surface area contributed by atoms with Gasteiger partial charge in [0.15, 0.2) is 0 Å². The first kappa shape index (κ1) is 15.4. The Hall–Kier alpha value is -1.02. The minimum atomic E-state index is 0.450. The van der Waals surface area contributed by atoms with Crippen molar-refractivity contribution in [2.75, 3.05) is 25.5 Å². The quantitative estimate of drug-likeness (QED) is 0.864. The second kappa shape index (κ2) is 7.12. The van der Waals surface area contributed by atoms with Crippen molar-refractivity contribution in [1.82, 2.24) is 5.32 Å². The molecule has 0 radical (unpaired) electrons. The second-order valence-corrected chi connectivity index (χ2v) is 6.74. The fourth-order valence-corrected chi connectivity index (χ4v) is 3.06. The lowest BCUT2D eigenvalue weighted by molar-refractivity contribution is 0.276. The third-order valence-corrected chi connectivity index (χ3v) is 4.76. The van der Waals surface area contributed by atoms with Gasteiger partial charge in [-0.3, -0.25) is 0 Å². The van der Waals surface area contributed by atoms with Gasteiger partial charge in [-0.25, -0.2) is 0 Å². The summed E-state index contributed by atoms with van der Waals surface area (Å²) in [5, 5.41) is 3.72. The smallest absolute Gasteiger partial charge is 0.0361 e. The Morgan fingerprint density at radius 3 is 2.25 bits per heavy atom. The van der Waals surface area contributed by atoms with Crippen LogP contribution in [0.5, 0.6) is 0 Å². The van der Waals surface area contributed by atoms with Crippen LogP contribution in [0.2, 0.25) is 0 Å². The number of rotatable bonds is 5. The Kier molecular flexibility index (Phi) is 5.47. The van der Waals surface area contributed by atoms with E-state index in [1.165, 1.54) is 43.5 Å².